The zero-order chi connectivity index (χ0) is 11.1. The fourth-order valence-electron chi connectivity index (χ4n) is 1.29. The standard InChI is InChI=1S/C12H16BrNO/c1-10-2-4-11(5-3-10)6-7-12(15)14-9-8-13/h2-5H,6-9H2,1H3,(H,14,15). The molecule has 0 saturated carbocycles. The Morgan fingerprint density at radius 2 is 2.00 bits per heavy atom. The van der Waals surface area contributed by atoms with Crippen LogP contribution in [0.3, 0.4) is 0 Å². The van der Waals surface area contributed by atoms with Crippen molar-refractivity contribution in [2.75, 3.05) is 11.9 Å². The highest BCUT2D eigenvalue weighted by molar-refractivity contribution is 9.09. The van der Waals surface area contributed by atoms with Gasteiger partial charge in [-0.15, -0.1) is 0 Å². The average Bonchev–Trinajstić information content (AvgIpc) is 2.25. The molecule has 0 unspecified atom stereocenters. The molecule has 0 spiro atoms. The van der Waals surface area contributed by atoms with Gasteiger partial charge < -0.3 is 5.32 Å². The largest absolute Gasteiger partial charge is 0.355 e. The molecule has 0 aliphatic heterocycles. The highest BCUT2D eigenvalue weighted by atomic mass is 79.9. The van der Waals surface area contributed by atoms with Crippen molar-refractivity contribution in [1.29, 1.82) is 0 Å². The van der Waals surface area contributed by atoms with Crippen molar-refractivity contribution in [3.8, 4) is 0 Å². The molecule has 15 heavy (non-hydrogen) atoms. The van der Waals surface area contributed by atoms with E-state index in [1.165, 1.54) is 11.1 Å². The quantitative estimate of drug-likeness (QED) is 0.818. The molecule has 0 radical (unpaired) electrons. The minimum absolute atomic E-state index is 0.120. The van der Waals surface area contributed by atoms with Crippen molar-refractivity contribution in [3.05, 3.63) is 35.4 Å². The Balaban J connectivity index is 2.30. The van der Waals surface area contributed by atoms with Gasteiger partial charge >= 0.3 is 0 Å². The summed E-state index contributed by atoms with van der Waals surface area (Å²) >= 11 is 3.27. The van der Waals surface area contributed by atoms with Crippen LogP contribution in [0, 0.1) is 6.92 Å². The summed E-state index contributed by atoms with van der Waals surface area (Å²) in [7, 11) is 0. The molecular weight excluding hydrogens is 254 g/mol. The molecule has 1 amide bonds. The van der Waals surface area contributed by atoms with Gasteiger partial charge in [-0.05, 0) is 18.9 Å². The fraction of sp³-hybridized carbons (Fsp3) is 0.417. The molecule has 3 heteroatoms. The third-order valence-electron chi connectivity index (χ3n) is 2.18. The van der Waals surface area contributed by atoms with Crippen molar-refractivity contribution < 1.29 is 4.79 Å². The van der Waals surface area contributed by atoms with Gasteiger partial charge in [0.1, 0.15) is 0 Å². The highest BCUT2D eigenvalue weighted by Gasteiger charge is 2.00. The smallest absolute Gasteiger partial charge is 0.220 e. The van der Waals surface area contributed by atoms with Gasteiger partial charge in [0, 0.05) is 18.3 Å². The van der Waals surface area contributed by atoms with E-state index < -0.39 is 0 Å². The van der Waals surface area contributed by atoms with Crippen LogP contribution in [0.5, 0.6) is 0 Å². The predicted molar refractivity (Wildman–Crippen MR) is 66.3 cm³/mol. The third-order valence-corrected chi connectivity index (χ3v) is 2.57. The Hall–Kier alpha value is -0.830. The van der Waals surface area contributed by atoms with Crippen LogP contribution in [0.15, 0.2) is 24.3 Å². The Labute approximate surface area is 99.2 Å². The van der Waals surface area contributed by atoms with Crippen LogP contribution in [-0.2, 0) is 11.2 Å². The van der Waals surface area contributed by atoms with Gasteiger partial charge in [-0.3, -0.25) is 4.79 Å². The van der Waals surface area contributed by atoms with Gasteiger partial charge in [-0.1, -0.05) is 45.8 Å². The summed E-state index contributed by atoms with van der Waals surface area (Å²) in [6.45, 7) is 2.76. The lowest BCUT2D eigenvalue weighted by atomic mass is 10.1. The fourth-order valence-corrected chi connectivity index (χ4v) is 1.49. The van der Waals surface area contributed by atoms with Gasteiger partial charge in [-0.25, -0.2) is 0 Å². The molecule has 0 heterocycles. The number of carbonyl (C=O) groups is 1. The number of nitrogens with one attached hydrogen (secondary N) is 1. The Kier molecular flexibility index (Phi) is 5.40. The van der Waals surface area contributed by atoms with E-state index in [9.17, 15) is 4.79 Å². The van der Waals surface area contributed by atoms with Crippen LogP contribution in [0.25, 0.3) is 0 Å². The maximum atomic E-state index is 11.3. The summed E-state index contributed by atoms with van der Waals surface area (Å²) in [5.74, 6) is 0.120. The first-order valence-electron chi connectivity index (χ1n) is 5.10. The van der Waals surface area contributed by atoms with Crippen molar-refractivity contribution in [1.82, 2.24) is 5.32 Å². The summed E-state index contributed by atoms with van der Waals surface area (Å²) in [6.07, 6.45) is 1.38. The minimum Gasteiger partial charge on any atom is -0.355 e. The Morgan fingerprint density at radius 3 is 2.60 bits per heavy atom. The molecule has 1 aromatic rings. The van der Waals surface area contributed by atoms with E-state index >= 15 is 0 Å². The molecule has 0 aromatic heterocycles. The maximum Gasteiger partial charge on any atom is 0.220 e. The summed E-state index contributed by atoms with van der Waals surface area (Å²) in [5, 5.41) is 3.64. The normalized spacial score (nSPS) is 10.0. The van der Waals surface area contributed by atoms with E-state index in [4.69, 9.17) is 0 Å². The van der Waals surface area contributed by atoms with Crippen molar-refractivity contribution in [2.24, 2.45) is 0 Å². The first-order chi connectivity index (χ1) is 7.22. The summed E-state index contributed by atoms with van der Waals surface area (Å²) in [4.78, 5) is 11.3. The SMILES string of the molecule is Cc1ccc(CCC(=O)NCCBr)cc1. The zero-order valence-corrected chi connectivity index (χ0v) is 10.5. The molecular formula is C12H16BrNO. The van der Waals surface area contributed by atoms with E-state index in [1.54, 1.807) is 0 Å². The molecule has 0 saturated heterocycles. The highest BCUT2D eigenvalue weighted by Crippen LogP contribution is 2.05. The van der Waals surface area contributed by atoms with Gasteiger partial charge in [0.05, 0.1) is 0 Å². The topological polar surface area (TPSA) is 29.1 Å². The number of hydrogen-bond donors (Lipinski definition) is 1. The molecule has 1 N–H and O–H groups in total. The summed E-state index contributed by atoms with van der Waals surface area (Å²) < 4.78 is 0. The molecule has 0 atom stereocenters. The second kappa shape index (κ2) is 6.62. The number of hydrogen-bond acceptors (Lipinski definition) is 1. The number of halogens is 1. The molecule has 0 bridgehead atoms. The first-order valence-corrected chi connectivity index (χ1v) is 6.22. The number of amides is 1. The molecule has 0 aliphatic carbocycles. The Bertz CT molecular complexity index is 308. The lowest BCUT2D eigenvalue weighted by molar-refractivity contribution is -0.120. The lowest BCUT2D eigenvalue weighted by Crippen LogP contribution is -2.25. The number of benzene rings is 1. The van der Waals surface area contributed by atoms with E-state index in [-0.39, 0.29) is 5.91 Å². The van der Waals surface area contributed by atoms with Crippen LogP contribution in [-0.4, -0.2) is 17.8 Å². The van der Waals surface area contributed by atoms with Crippen LogP contribution < -0.4 is 5.32 Å². The predicted octanol–water partition coefficient (Wildman–Crippen LogP) is 2.44. The zero-order valence-electron chi connectivity index (χ0n) is 8.92. The average molecular weight is 270 g/mol. The third kappa shape index (κ3) is 4.98. The summed E-state index contributed by atoms with van der Waals surface area (Å²) in [6, 6.07) is 8.30. The summed E-state index contributed by atoms with van der Waals surface area (Å²) in [5.41, 5.74) is 2.47. The Morgan fingerprint density at radius 1 is 1.33 bits per heavy atom. The molecule has 1 aromatic carbocycles. The van der Waals surface area contributed by atoms with Crippen molar-refractivity contribution in [3.63, 3.8) is 0 Å². The molecule has 0 aliphatic rings. The van der Waals surface area contributed by atoms with E-state index in [1.807, 2.05) is 0 Å². The van der Waals surface area contributed by atoms with Gasteiger partial charge in [0.2, 0.25) is 5.91 Å². The number of aryl methyl sites for hydroxylation is 2. The number of rotatable bonds is 5. The van der Waals surface area contributed by atoms with Crippen LogP contribution >= 0.6 is 15.9 Å². The van der Waals surface area contributed by atoms with E-state index in [0.717, 1.165) is 11.8 Å². The van der Waals surface area contributed by atoms with Crippen molar-refractivity contribution in [2.45, 2.75) is 19.8 Å². The lowest BCUT2D eigenvalue weighted by Gasteiger charge is -2.03. The van der Waals surface area contributed by atoms with Crippen LogP contribution in [0.4, 0.5) is 0 Å². The second-order valence-corrected chi connectivity index (χ2v) is 4.32. The molecule has 2 nitrogen and oxygen atoms in total. The first kappa shape index (κ1) is 12.2. The van der Waals surface area contributed by atoms with E-state index in [2.05, 4.69) is 52.4 Å². The molecule has 1 rings (SSSR count). The second-order valence-electron chi connectivity index (χ2n) is 3.52. The molecule has 0 fully saturated rings. The van der Waals surface area contributed by atoms with Gasteiger partial charge in [0.25, 0.3) is 0 Å². The van der Waals surface area contributed by atoms with Crippen LogP contribution in [0.2, 0.25) is 0 Å². The van der Waals surface area contributed by atoms with Crippen LogP contribution in [0.1, 0.15) is 17.5 Å². The van der Waals surface area contributed by atoms with Gasteiger partial charge in [0.15, 0.2) is 0 Å². The number of alkyl halides is 1. The number of carbonyl (C=O) groups excluding carboxylic acids is 1. The minimum atomic E-state index is 0.120. The van der Waals surface area contributed by atoms with E-state index in [0.29, 0.717) is 13.0 Å². The molecule has 82 valence electrons. The monoisotopic (exact) mass is 269 g/mol. The van der Waals surface area contributed by atoms with Crippen molar-refractivity contribution >= 4 is 21.8 Å². The maximum absolute atomic E-state index is 11.3. The van der Waals surface area contributed by atoms with Gasteiger partial charge in [-0.2, -0.15) is 0 Å².